The normalized spacial score (nSPS) is 16.1. The smallest absolute Gasteiger partial charge is 0.421 e. The number of ether oxygens (including phenoxy) is 2. The van der Waals surface area contributed by atoms with E-state index in [4.69, 9.17) is 9.47 Å². The summed E-state index contributed by atoms with van der Waals surface area (Å²) >= 11 is 0. The summed E-state index contributed by atoms with van der Waals surface area (Å²) in [4.78, 5) is 7.83. The van der Waals surface area contributed by atoms with E-state index < -0.39 is 17.6 Å². The molecule has 0 fully saturated rings. The van der Waals surface area contributed by atoms with E-state index in [9.17, 15) is 13.2 Å². The third-order valence-electron chi connectivity index (χ3n) is 4.20. The van der Waals surface area contributed by atoms with Gasteiger partial charge in [0.15, 0.2) is 5.96 Å². The Balaban J connectivity index is 0.00000300. The van der Waals surface area contributed by atoms with Crippen LogP contribution in [-0.2, 0) is 6.18 Å². The van der Waals surface area contributed by atoms with Gasteiger partial charge in [0.2, 0.25) is 5.88 Å². The van der Waals surface area contributed by atoms with Crippen LogP contribution in [-0.4, -0.2) is 37.7 Å². The SMILES string of the molecule is CN=C(NCCOc1ncccc1C(F)(F)F)NC1CCOc2ccccc21.I. The lowest BCUT2D eigenvalue weighted by molar-refractivity contribution is -0.139. The molecule has 6 nitrogen and oxygen atoms in total. The molecule has 3 rings (SSSR count). The van der Waals surface area contributed by atoms with Gasteiger partial charge in [-0.3, -0.25) is 4.99 Å². The molecular formula is C19H22F3IN4O2. The highest BCUT2D eigenvalue weighted by Gasteiger charge is 2.35. The summed E-state index contributed by atoms with van der Waals surface area (Å²) in [6.07, 6.45) is -2.47. The van der Waals surface area contributed by atoms with Crippen LogP contribution in [0.2, 0.25) is 0 Å². The molecule has 158 valence electrons. The quantitative estimate of drug-likeness (QED) is 0.271. The fourth-order valence-electron chi connectivity index (χ4n) is 2.89. The van der Waals surface area contributed by atoms with Gasteiger partial charge in [-0.2, -0.15) is 13.2 Å². The number of guanidine groups is 1. The number of fused-ring (bicyclic) bond motifs is 1. The Morgan fingerprint density at radius 2 is 2.07 bits per heavy atom. The third kappa shape index (κ3) is 6.12. The highest BCUT2D eigenvalue weighted by Crippen LogP contribution is 2.34. The van der Waals surface area contributed by atoms with Crippen LogP contribution >= 0.6 is 24.0 Å². The zero-order valence-corrected chi connectivity index (χ0v) is 18.0. The molecule has 1 unspecified atom stereocenters. The van der Waals surface area contributed by atoms with Crippen molar-refractivity contribution in [2.45, 2.75) is 18.6 Å². The minimum atomic E-state index is -4.51. The molecule has 1 atom stereocenters. The molecule has 0 saturated heterocycles. The van der Waals surface area contributed by atoms with Crippen molar-refractivity contribution in [3.05, 3.63) is 53.7 Å². The van der Waals surface area contributed by atoms with Gasteiger partial charge in [-0.1, -0.05) is 18.2 Å². The Morgan fingerprint density at radius 1 is 1.28 bits per heavy atom. The maximum Gasteiger partial charge on any atom is 0.421 e. The summed E-state index contributed by atoms with van der Waals surface area (Å²) in [6.45, 7) is 0.859. The van der Waals surface area contributed by atoms with Crippen molar-refractivity contribution < 1.29 is 22.6 Å². The van der Waals surface area contributed by atoms with Crippen LogP contribution in [0.4, 0.5) is 13.2 Å². The van der Waals surface area contributed by atoms with Crippen LogP contribution in [0.3, 0.4) is 0 Å². The van der Waals surface area contributed by atoms with Gasteiger partial charge in [-0.25, -0.2) is 4.98 Å². The fraction of sp³-hybridized carbons (Fsp3) is 0.368. The molecule has 29 heavy (non-hydrogen) atoms. The average molecular weight is 522 g/mol. The van der Waals surface area contributed by atoms with Gasteiger partial charge in [0.1, 0.15) is 17.9 Å². The molecule has 0 aliphatic carbocycles. The van der Waals surface area contributed by atoms with Gasteiger partial charge in [-0.15, -0.1) is 24.0 Å². The van der Waals surface area contributed by atoms with Gasteiger partial charge >= 0.3 is 6.18 Å². The van der Waals surface area contributed by atoms with Crippen molar-refractivity contribution in [1.82, 2.24) is 15.6 Å². The van der Waals surface area contributed by atoms with E-state index in [1.165, 1.54) is 12.3 Å². The standard InChI is InChI=1S/C19H21F3N4O2.HI/c1-23-18(26-15-8-11-27-16-7-3-2-5-13(15)16)25-10-12-28-17-14(19(20,21)22)6-4-9-24-17;/h2-7,9,15H,8,10-12H2,1H3,(H2,23,25,26);1H. The van der Waals surface area contributed by atoms with Crippen molar-refractivity contribution in [3.63, 3.8) is 0 Å². The molecule has 2 N–H and O–H groups in total. The molecule has 1 aromatic carbocycles. The van der Waals surface area contributed by atoms with E-state index in [-0.39, 0.29) is 43.2 Å². The summed E-state index contributed by atoms with van der Waals surface area (Å²) in [7, 11) is 1.63. The number of para-hydroxylation sites is 1. The topological polar surface area (TPSA) is 67.8 Å². The number of aliphatic imine (C=N–C) groups is 1. The summed E-state index contributed by atoms with van der Waals surface area (Å²) in [5, 5.41) is 6.34. The molecule has 10 heteroatoms. The fourth-order valence-corrected chi connectivity index (χ4v) is 2.89. The number of hydrogen-bond donors (Lipinski definition) is 2. The molecular weight excluding hydrogens is 500 g/mol. The molecule has 1 aliphatic rings. The molecule has 2 heterocycles. The lowest BCUT2D eigenvalue weighted by Gasteiger charge is -2.28. The van der Waals surface area contributed by atoms with Crippen molar-refractivity contribution in [3.8, 4) is 11.6 Å². The molecule has 0 saturated carbocycles. The molecule has 0 spiro atoms. The van der Waals surface area contributed by atoms with Gasteiger partial charge < -0.3 is 20.1 Å². The number of halogens is 4. The highest BCUT2D eigenvalue weighted by molar-refractivity contribution is 14.0. The second-order valence-corrected chi connectivity index (χ2v) is 6.07. The number of aromatic nitrogens is 1. The van der Waals surface area contributed by atoms with E-state index in [1.54, 1.807) is 7.05 Å². The predicted molar refractivity (Wildman–Crippen MR) is 114 cm³/mol. The lowest BCUT2D eigenvalue weighted by Crippen LogP contribution is -2.42. The second kappa shape index (κ2) is 10.5. The Bertz CT molecular complexity index is 833. The molecule has 2 aromatic rings. The number of alkyl halides is 3. The summed E-state index contributed by atoms with van der Waals surface area (Å²) < 4.78 is 49.7. The molecule has 0 bridgehead atoms. The second-order valence-electron chi connectivity index (χ2n) is 6.07. The summed E-state index contributed by atoms with van der Waals surface area (Å²) in [5.74, 6) is 0.931. The predicted octanol–water partition coefficient (Wildman–Crippen LogP) is 3.79. The number of pyridine rings is 1. The van der Waals surface area contributed by atoms with Gasteiger partial charge in [-0.05, 0) is 18.2 Å². The minimum absolute atomic E-state index is 0. The van der Waals surface area contributed by atoms with E-state index in [0.29, 0.717) is 12.6 Å². The van der Waals surface area contributed by atoms with E-state index in [2.05, 4.69) is 20.6 Å². The van der Waals surface area contributed by atoms with Crippen molar-refractivity contribution >= 4 is 29.9 Å². The average Bonchev–Trinajstić information content (AvgIpc) is 2.70. The monoisotopic (exact) mass is 522 g/mol. The lowest BCUT2D eigenvalue weighted by atomic mass is 10.0. The Kier molecular flexibility index (Phi) is 8.35. The molecule has 0 amide bonds. The Hall–Kier alpha value is -2.24. The van der Waals surface area contributed by atoms with Crippen LogP contribution < -0.4 is 20.1 Å². The number of nitrogens with one attached hydrogen (secondary N) is 2. The molecule has 1 aromatic heterocycles. The van der Waals surface area contributed by atoms with E-state index in [0.717, 1.165) is 23.8 Å². The Morgan fingerprint density at radius 3 is 2.83 bits per heavy atom. The minimum Gasteiger partial charge on any atom is -0.493 e. The zero-order chi connectivity index (χ0) is 20.0. The molecule has 1 aliphatic heterocycles. The maximum atomic E-state index is 12.9. The zero-order valence-electron chi connectivity index (χ0n) is 15.7. The highest BCUT2D eigenvalue weighted by atomic mass is 127. The van der Waals surface area contributed by atoms with Crippen molar-refractivity contribution in [2.24, 2.45) is 4.99 Å². The van der Waals surface area contributed by atoms with Crippen molar-refractivity contribution in [2.75, 3.05) is 26.8 Å². The van der Waals surface area contributed by atoms with Crippen LogP contribution in [0.5, 0.6) is 11.6 Å². The number of rotatable bonds is 5. The third-order valence-corrected chi connectivity index (χ3v) is 4.20. The van der Waals surface area contributed by atoms with E-state index >= 15 is 0 Å². The molecule has 0 radical (unpaired) electrons. The van der Waals surface area contributed by atoms with Crippen LogP contribution in [0.1, 0.15) is 23.6 Å². The largest absolute Gasteiger partial charge is 0.493 e. The first-order valence-corrected chi connectivity index (χ1v) is 8.83. The summed E-state index contributed by atoms with van der Waals surface area (Å²) in [5.41, 5.74) is 0.146. The first-order valence-electron chi connectivity index (χ1n) is 8.83. The first kappa shape index (κ1) is 23.0. The van der Waals surface area contributed by atoms with Gasteiger partial charge in [0, 0.05) is 25.2 Å². The van der Waals surface area contributed by atoms with Crippen LogP contribution in [0, 0.1) is 0 Å². The number of hydrogen-bond acceptors (Lipinski definition) is 4. The van der Waals surface area contributed by atoms with Crippen LogP contribution in [0.25, 0.3) is 0 Å². The number of nitrogens with zero attached hydrogens (tertiary/aromatic N) is 2. The first-order chi connectivity index (χ1) is 13.5. The van der Waals surface area contributed by atoms with Crippen molar-refractivity contribution in [1.29, 1.82) is 0 Å². The summed E-state index contributed by atoms with van der Waals surface area (Å²) in [6, 6.07) is 9.96. The Labute approximate surface area is 183 Å². The number of benzene rings is 1. The van der Waals surface area contributed by atoms with Gasteiger partial charge in [0.25, 0.3) is 0 Å². The van der Waals surface area contributed by atoms with Gasteiger partial charge in [0.05, 0.1) is 19.2 Å². The van der Waals surface area contributed by atoms with E-state index in [1.807, 2.05) is 24.3 Å². The van der Waals surface area contributed by atoms with Crippen LogP contribution in [0.15, 0.2) is 47.6 Å². The maximum absolute atomic E-state index is 12.9.